The SMILES string of the molecule is COCCOCC(=O)Nc1cccc(NC(=O)/C=C/c2cccc(OCc3ccccc3)c2)c1C. The van der Waals surface area contributed by atoms with E-state index in [1.165, 1.54) is 6.08 Å². The van der Waals surface area contributed by atoms with E-state index in [4.69, 9.17) is 14.2 Å². The van der Waals surface area contributed by atoms with Crippen molar-refractivity contribution >= 4 is 29.3 Å². The molecule has 0 aliphatic carbocycles. The van der Waals surface area contributed by atoms with Gasteiger partial charge in [-0.3, -0.25) is 9.59 Å². The van der Waals surface area contributed by atoms with Crippen molar-refractivity contribution in [1.29, 1.82) is 0 Å². The van der Waals surface area contributed by atoms with Crippen LogP contribution in [0.5, 0.6) is 5.75 Å². The summed E-state index contributed by atoms with van der Waals surface area (Å²) in [6.07, 6.45) is 3.19. The minimum absolute atomic E-state index is 0.0732. The van der Waals surface area contributed by atoms with Crippen LogP contribution >= 0.6 is 0 Å². The van der Waals surface area contributed by atoms with E-state index in [-0.39, 0.29) is 18.4 Å². The van der Waals surface area contributed by atoms with Crippen LogP contribution in [0.3, 0.4) is 0 Å². The second kappa shape index (κ2) is 13.7. The molecule has 0 aromatic heterocycles. The Morgan fingerprint density at radius 2 is 1.63 bits per heavy atom. The van der Waals surface area contributed by atoms with E-state index in [0.29, 0.717) is 31.2 Å². The number of benzene rings is 3. The van der Waals surface area contributed by atoms with Gasteiger partial charge in [0.15, 0.2) is 0 Å². The smallest absolute Gasteiger partial charge is 0.250 e. The maximum absolute atomic E-state index is 12.5. The standard InChI is InChI=1S/C28H30N2O5/c1-21-25(12-7-13-26(21)30-28(32)20-34-17-16-33-2)29-27(31)15-14-22-10-6-11-24(18-22)35-19-23-8-4-3-5-9-23/h3-15,18H,16-17,19-20H2,1-2H3,(H,29,31)(H,30,32)/b15-14+. The third-order valence-corrected chi connectivity index (χ3v) is 5.06. The van der Waals surface area contributed by atoms with Gasteiger partial charge in [0.05, 0.1) is 13.2 Å². The van der Waals surface area contributed by atoms with Gasteiger partial charge >= 0.3 is 0 Å². The van der Waals surface area contributed by atoms with Crippen LogP contribution in [0, 0.1) is 6.92 Å². The molecule has 3 aromatic carbocycles. The molecule has 0 spiro atoms. The molecule has 0 fully saturated rings. The van der Waals surface area contributed by atoms with Gasteiger partial charge in [0.1, 0.15) is 19.0 Å². The molecule has 0 saturated heterocycles. The molecular formula is C28H30N2O5. The number of hydrogen-bond acceptors (Lipinski definition) is 5. The van der Waals surface area contributed by atoms with Gasteiger partial charge in [-0.2, -0.15) is 0 Å². The monoisotopic (exact) mass is 474 g/mol. The van der Waals surface area contributed by atoms with Crippen LogP contribution in [0.4, 0.5) is 11.4 Å². The molecule has 2 amide bonds. The zero-order valence-electron chi connectivity index (χ0n) is 20.0. The summed E-state index contributed by atoms with van der Waals surface area (Å²) >= 11 is 0. The molecule has 35 heavy (non-hydrogen) atoms. The van der Waals surface area contributed by atoms with Crippen LogP contribution in [-0.4, -0.2) is 38.7 Å². The highest BCUT2D eigenvalue weighted by molar-refractivity contribution is 6.03. The first-order valence-corrected chi connectivity index (χ1v) is 11.3. The lowest BCUT2D eigenvalue weighted by Gasteiger charge is -2.13. The number of hydrogen-bond donors (Lipinski definition) is 2. The Bertz CT molecular complexity index is 1150. The predicted molar refractivity (Wildman–Crippen MR) is 137 cm³/mol. The fourth-order valence-corrected chi connectivity index (χ4v) is 3.20. The molecule has 0 unspecified atom stereocenters. The lowest BCUT2D eigenvalue weighted by atomic mass is 10.1. The fourth-order valence-electron chi connectivity index (χ4n) is 3.20. The molecule has 3 rings (SSSR count). The van der Waals surface area contributed by atoms with E-state index in [0.717, 1.165) is 22.4 Å². The fraction of sp³-hybridized carbons (Fsp3) is 0.214. The maximum Gasteiger partial charge on any atom is 0.250 e. The molecule has 0 bridgehead atoms. The summed E-state index contributed by atoms with van der Waals surface area (Å²) in [5, 5.41) is 5.66. The van der Waals surface area contributed by atoms with Gasteiger partial charge < -0.3 is 24.8 Å². The van der Waals surface area contributed by atoms with Crippen molar-refractivity contribution in [1.82, 2.24) is 0 Å². The second-order valence-electron chi connectivity index (χ2n) is 7.74. The molecule has 0 atom stereocenters. The van der Waals surface area contributed by atoms with Crippen molar-refractivity contribution < 1.29 is 23.8 Å². The van der Waals surface area contributed by atoms with E-state index < -0.39 is 0 Å². The van der Waals surface area contributed by atoms with Gasteiger partial charge in [-0.05, 0) is 54.0 Å². The Morgan fingerprint density at radius 3 is 2.40 bits per heavy atom. The zero-order valence-corrected chi connectivity index (χ0v) is 20.0. The van der Waals surface area contributed by atoms with Crippen LogP contribution in [-0.2, 0) is 25.7 Å². The lowest BCUT2D eigenvalue weighted by Crippen LogP contribution is -2.20. The molecule has 7 nitrogen and oxygen atoms in total. The molecule has 2 N–H and O–H groups in total. The normalized spacial score (nSPS) is 10.8. The second-order valence-corrected chi connectivity index (χ2v) is 7.74. The van der Waals surface area contributed by atoms with Gasteiger partial charge in [-0.25, -0.2) is 0 Å². The number of methoxy groups -OCH3 is 1. The molecular weight excluding hydrogens is 444 g/mol. The largest absolute Gasteiger partial charge is 0.489 e. The van der Waals surface area contributed by atoms with Crippen LogP contribution in [0.2, 0.25) is 0 Å². The van der Waals surface area contributed by atoms with Crippen LogP contribution in [0.25, 0.3) is 6.08 Å². The van der Waals surface area contributed by atoms with Gasteiger partial charge in [0.25, 0.3) is 0 Å². The molecule has 0 aliphatic heterocycles. The topological polar surface area (TPSA) is 85.9 Å². The third kappa shape index (κ3) is 8.73. The first kappa shape index (κ1) is 25.7. The molecule has 0 aliphatic rings. The highest BCUT2D eigenvalue weighted by atomic mass is 16.5. The zero-order chi connectivity index (χ0) is 24.9. The average Bonchev–Trinajstić information content (AvgIpc) is 2.87. The Kier molecular flexibility index (Phi) is 10.0. The summed E-state index contributed by atoms with van der Waals surface area (Å²) in [5.74, 6) is 0.166. The average molecular weight is 475 g/mol. The van der Waals surface area contributed by atoms with E-state index in [1.807, 2.05) is 61.5 Å². The first-order valence-electron chi connectivity index (χ1n) is 11.3. The van der Waals surface area contributed by atoms with Gasteiger partial charge in [-0.15, -0.1) is 0 Å². The summed E-state index contributed by atoms with van der Waals surface area (Å²) < 4.78 is 16.0. The van der Waals surface area contributed by atoms with E-state index >= 15 is 0 Å². The van der Waals surface area contributed by atoms with Crippen molar-refractivity contribution in [2.24, 2.45) is 0 Å². The quantitative estimate of drug-likeness (QED) is 0.290. The Balaban J connectivity index is 1.55. The number of ether oxygens (including phenoxy) is 3. The van der Waals surface area contributed by atoms with E-state index in [1.54, 1.807) is 31.4 Å². The van der Waals surface area contributed by atoms with Crippen LogP contribution < -0.4 is 15.4 Å². The van der Waals surface area contributed by atoms with Crippen LogP contribution in [0.15, 0.2) is 78.9 Å². The Hall–Kier alpha value is -3.94. The molecule has 0 saturated carbocycles. The number of nitrogens with one attached hydrogen (secondary N) is 2. The Labute approximate surface area is 205 Å². The maximum atomic E-state index is 12.5. The molecule has 0 radical (unpaired) electrons. The minimum Gasteiger partial charge on any atom is -0.489 e. The number of amides is 2. The lowest BCUT2D eigenvalue weighted by molar-refractivity contribution is -0.121. The molecule has 3 aromatic rings. The highest BCUT2D eigenvalue weighted by Gasteiger charge is 2.09. The van der Waals surface area contributed by atoms with E-state index in [2.05, 4.69) is 10.6 Å². The summed E-state index contributed by atoms with van der Waals surface area (Å²) in [6, 6.07) is 22.8. The highest BCUT2D eigenvalue weighted by Crippen LogP contribution is 2.23. The first-order chi connectivity index (χ1) is 17.0. The van der Waals surface area contributed by atoms with Crippen molar-refractivity contribution in [2.75, 3.05) is 37.6 Å². The molecule has 0 heterocycles. The number of carbonyl (C=O) groups is 2. The van der Waals surface area contributed by atoms with Gasteiger partial charge in [0, 0.05) is 24.6 Å². The van der Waals surface area contributed by atoms with Crippen molar-refractivity contribution in [3.8, 4) is 5.75 Å². The van der Waals surface area contributed by atoms with E-state index in [9.17, 15) is 9.59 Å². The number of anilines is 2. The van der Waals surface area contributed by atoms with Crippen molar-refractivity contribution in [2.45, 2.75) is 13.5 Å². The predicted octanol–water partition coefficient (Wildman–Crippen LogP) is 4.83. The van der Waals surface area contributed by atoms with Gasteiger partial charge in [-0.1, -0.05) is 48.5 Å². The molecule has 182 valence electrons. The molecule has 7 heteroatoms. The summed E-state index contributed by atoms with van der Waals surface area (Å²) in [4.78, 5) is 24.6. The summed E-state index contributed by atoms with van der Waals surface area (Å²) in [5.41, 5.74) is 3.89. The van der Waals surface area contributed by atoms with Crippen molar-refractivity contribution in [3.05, 3.63) is 95.6 Å². The summed E-state index contributed by atoms with van der Waals surface area (Å²) in [6.45, 7) is 2.99. The van der Waals surface area contributed by atoms with Crippen LogP contribution in [0.1, 0.15) is 16.7 Å². The minimum atomic E-state index is -0.282. The Morgan fingerprint density at radius 1 is 0.886 bits per heavy atom. The van der Waals surface area contributed by atoms with Gasteiger partial charge in [0.2, 0.25) is 11.8 Å². The number of rotatable bonds is 12. The third-order valence-electron chi connectivity index (χ3n) is 5.06. The number of carbonyl (C=O) groups excluding carboxylic acids is 2. The van der Waals surface area contributed by atoms with Crippen molar-refractivity contribution in [3.63, 3.8) is 0 Å². The summed E-state index contributed by atoms with van der Waals surface area (Å²) in [7, 11) is 1.57.